The normalized spacial score (nSPS) is 26.8. The first-order valence-electron chi connectivity index (χ1n) is 9.78. The third-order valence-corrected chi connectivity index (χ3v) is 10.4. The van der Waals surface area contributed by atoms with Crippen LogP contribution in [0.3, 0.4) is 0 Å². The first kappa shape index (κ1) is 23.4. The van der Waals surface area contributed by atoms with Gasteiger partial charge in [-0.1, -0.05) is 27.7 Å². The lowest BCUT2D eigenvalue weighted by molar-refractivity contribution is -0.151. The van der Waals surface area contributed by atoms with Crippen molar-refractivity contribution < 1.29 is 19.1 Å². The summed E-state index contributed by atoms with van der Waals surface area (Å²) in [7, 11) is -1.85. The fourth-order valence-electron chi connectivity index (χ4n) is 2.78. The molecule has 0 aromatic heterocycles. The number of hydrogen-bond acceptors (Lipinski definition) is 4. The van der Waals surface area contributed by atoms with E-state index in [1.807, 2.05) is 26.8 Å². The quantitative estimate of drug-likeness (QED) is 0.408. The van der Waals surface area contributed by atoms with Crippen LogP contribution in [0.15, 0.2) is 11.6 Å². The summed E-state index contributed by atoms with van der Waals surface area (Å²) in [6, 6.07) is 0. The maximum atomic E-state index is 11.9. The van der Waals surface area contributed by atoms with E-state index in [1.54, 1.807) is 0 Å². The van der Waals surface area contributed by atoms with Gasteiger partial charge < -0.3 is 14.3 Å². The molecule has 1 fully saturated rings. The largest absolute Gasteiger partial charge is 0.461 e. The molecule has 1 aliphatic carbocycles. The van der Waals surface area contributed by atoms with E-state index >= 15 is 0 Å². The average molecular weight is 385 g/mol. The molecule has 26 heavy (non-hydrogen) atoms. The molecule has 0 heterocycles. The van der Waals surface area contributed by atoms with Crippen molar-refractivity contribution in [3.63, 3.8) is 0 Å². The van der Waals surface area contributed by atoms with Gasteiger partial charge in [-0.25, -0.2) is 0 Å². The van der Waals surface area contributed by atoms with E-state index in [2.05, 4.69) is 40.8 Å². The molecule has 2 atom stereocenters. The fraction of sp³-hybridized carbons (Fsp3) is 0.857. The molecule has 5 heteroatoms. The Labute approximate surface area is 161 Å². The molecule has 0 aromatic rings. The van der Waals surface area contributed by atoms with Crippen molar-refractivity contribution in [2.45, 2.75) is 92.0 Å². The summed E-state index contributed by atoms with van der Waals surface area (Å²) in [6.07, 6.45) is 4.16. The SMILES string of the molecule is CC(C)(C)C(=O)OC/C=C1/CCC[C@](C)(CO[Si](C)(C)C(C)(C)C)[C@@H]1O. The number of ether oxygens (including phenoxy) is 1. The van der Waals surface area contributed by atoms with Crippen molar-refractivity contribution in [1.82, 2.24) is 0 Å². The van der Waals surface area contributed by atoms with E-state index in [0.717, 1.165) is 24.8 Å². The molecule has 4 nitrogen and oxygen atoms in total. The highest BCUT2D eigenvalue weighted by Crippen LogP contribution is 2.42. The van der Waals surface area contributed by atoms with Gasteiger partial charge in [0.25, 0.3) is 0 Å². The van der Waals surface area contributed by atoms with Crippen LogP contribution >= 0.6 is 0 Å². The second-order valence-electron chi connectivity index (χ2n) is 10.6. The molecular weight excluding hydrogens is 344 g/mol. The lowest BCUT2D eigenvalue weighted by atomic mass is 9.71. The molecule has 0 unspecified atom stereocenters. The van der Waals surface area contributed by atoms with E-state index < -0.39 is 19.8 Å². The van der Waals surface area contributed by atoms with Crippen molar-refractivity contribution in [3.05, 3.63) is 11.6 Å². The van der Waals surface area contributed by atoms with E-state index in [4.69, 9.17) is 9.16 Å². The molecule has 0 amide bonds. The van der Waals surface area contributed by atoms with Crippen LogP contribution in [0.5, 0.6) is 0 Å². The summed E-state index contributed by atoms with van der Waals surface area (Å²) in [4.78, 5) is 11.9. The summed E-state index contributed by atoms with van der Waals surface area (Å²) in [5.41, 5.74) is 0.183. The number of aliphatic hydroxyl groups excluding tert-OH is 1. The van der Waals surface area contributed by atoms with Crippen LogP contribution in [0.25, 0.3) is 0 Å². The van der Waals surface area contributed by atoms with Crippen LogP contribution in [-0.2, 0) is 14.0 Å². The third-order valence-electron chi connectivity index (χ3n) is 5.97. The molecule has 1 rings (SSSR count). The number of esters is 1. The molecule has 0 spiro atoms. The molecular formula is C21H40O4Si. The molecule has 0 aliphatic heterocycles. The van der Waals surface area contributed by atoms with E-state index in [9.17, 15) is 9.90 Å². The lowest BCUT2D eigenvalue weighted by Gasteiger charge is -2.44. The maximum absolute atomic E-state index is 11.9. The van der Waals surface area contributed by atoms with Crippen LogP contribution in [0.4, 0.5) is 0 Å². The van der Waals surface area contributed by atoms with Crippen LogP contribution in [0.1, 0.15) is 67.7 Å². The minimum atomic E-state index is -1.85. The molecule has 1 aliphatic rings. The molecule has 0 bridgehead atoms. The van der Waals surface area contributed by atoms with Crippen molar-refractivity contribution >= 4 is 14.3 Å². The van der Waals surface area contributed by atoms with Gasteiger partial charge in [-0.05, 0) is 69.8 Å². The highest BCUT2D eigenvalue weighted by Gasteiger charge is 2.43. The first-order valence-corrected chi connectivity index (χ1v) is 12.7. The minimum Gasteiger partial charge on any atom is -0.461 e. The zero-order valence-corrected chi connectivity index (χ0v) is 19.4. The predicted octanol–water partition coefficient (Wildman–Crippen LogP) is 5.08. The van der Waals surface area contributed by atoms with Crippen molar-refractivity contribution in [3.8, 4) is 0 Å². The number of aliphatic hydroxyl groups is 1. The average Bonchev–Trinajstić information content (AvgIpc) is 2.47. The Hall–Kier alpha value is -0.653. The van der Waals surface area contributed by atoms with Gasteiger partial charge in [0, 0.05) is 12.0 Å². The second kappa shape index (κ2) is 8.15. The van der Waals surface area contributed by atoms with Crippen LogP contribution in [0.2, 0.25) is 18.1 Å². The van der Waals surface area contributed by atoms with Gasteiger partial charge in [0.05, 0.1) is 11.5 Å². The van der Waals surface area contributed by atoms with Gasteiger partial charge in [0.1, 0.15) is 6.61 Å². The predicted molar refractivity (Wildman–Crippen MR) is 110 cm³/mol. The fourth-order valence-corrected chi connectivity index (χ4v) is 3.91. The first-order chi connectivity index (χ1) is 11.6. The number of carbonyl (C=O) groups is 1. The van der Waals surface area contributed by atoms with E-state index in [-0.39, 0.29) is 23.0 Å². The van der Waals surface area contributed by atoms with Crippen molar-refractivity contribution in [1.29, 1.82) is 0 Å². The van der Waals surface area contributed by atoms with Crippen molar-refractivity contribution in [2.75, 3.05) is 13.2 Å². The Balaban J connectivity index is 2.74. The van der Waals surface area contributed by atoms with E-state index in [1.165, 1.54) is 0 Å². The summed E-state index contributed by atoms with van der Waals surface area (Å²) in [6.45, 7) is 19.6. The number of carbonyl (C=O) groups excluding carboxylic acids is 1. The third kappa shape index (κ3) is 5.93. The molecule has 0 radical (unpaired) electrons. The molecule has 0 aromatic carbocycles. The Kier molecular flexibility index (Phi) is 7.33. The Morgan fingerprint density at radius 2 is 1.85 bits per heavy atom. The summed E-state index contributed by atoms with van der Waals surface area (Å²) in [5, 5.41) is 11.1. The molecule has 1 N–H and O–H groups in total. The molecule has 152 valence electrons. The summed E-state index contributed by atoms with van der Waals surface area (Å²) >= 11 is 0. The van der Waals surface area contributed by atoms with Crippen LogP contribution in [-0.4, -0.2) is 38.7 Å². The van der Waals surface area contributed by atoms with Crippen molar-refractivity contribution in [2.24, 2.45) is 10.8 Å². The molecule has 0 saturated heterocycles. The van der Waals surface area contributed by atoms with Gasteiger partial charge in [0.2, 0.25) is 0 Å². The second-order valence-corrected chi connectivity index (χ2v) is 15.4. The Morgan fingerprint density at radius 1 is 1.27 bits per heavy atom. The lowest BCUT2D eigenvalue weighted by Crippen LogP contribution is -2.47. The van der Waals surface area contributed by atoms with Gasteiger partial charge in [-0.2, -0.15) is 0 Å². The van der Waals surface area contributed by atoms with Gasteiger partial charge in [-0.15, -0.1) is 0 Å². The van der Waals surface area contributed by atoms with Gasteiger partial charge >= 0.3 is 5.97 Å². The Morgan fingerprint density at radius 3 is 2.35 bits per heavy atom. The zero-order valence-electron chi connectivity index (χ0n) is 18.4. The minimum absolute atomic E-state index is 0.156. The van der Waals surface area contributed by atoms with E-state index in [0.29, 0.717) is 6.61 Å². The highest BCUT2D eigenvalue weighted by atomic mass is 28.4. The number of hydrogen-bond donors (Lipinski definition) is 1. The summed E-state index contributed by atoms with van der Waals surface area (Å²) in [5.74, 6) is -0.219. The standard InChI is InChI=1S/C21H40O4Si/c1-19(2,3)18(23)24-14-12-16-11-10-13-21(7,17(16)22)15-25-26(8,9)20(4,5)6/h12,17,22H,10-11,13-15H2,1-9H3/b16-12-/t17-,21-/m1/s1. The smallest absolute Gasteiger partial charge is 0.311 e. The van der Waals surface area contributed by atoms with Crippen LogP contribution in [0, 0.1) is 10.8 Å². The zero-order chi connectivity index (χ0) is 20.4. The molecule has 1 saturated carbocycles. The monoisotopic (exact) mass is 384 g/mol. The van der Waals surface area contributed by atoms with Crippen LogP contribution < -0.4 is 0 Å². The Bertz CT molecular complexity index is 525. The topological polar surface area (TPSA) is 55.8 Å². The maximum Gasteiger partial charge on any atom is 0.311 e. The van der Waals surface area contributed by atoms with Gasteiger partial charge in [0.15, 0.2) is 8.32 Å². The highest BCUT2D eigenvalue weighted by molar-refractivity contribution is 6.74. The summed E-state index contributed by atoms with van der Waals surface area (Å²) < 4.78 is 11.7. The van der Waals surface area contributed by atoms with Gasteiger partial charge in [-0.3, -0.25) is 4.79 Å². The number of rotatable bonds is 5.